The lowest BCUT2D eigenvalue weighted by Crippen LogP contribution is -2.13. The molecule has 1 unspecified atom stereocenters. The highest BCUT2D eigenvalue weighted by Gasteiger charge is 2.06. The third-order valence-corrected chi connectivity index (χ3v) is 2.34. The van der Waals surface area contributed by atoms with E-state index in [9.17, 15) is 4.79 Å². The summed E-state index contributed by atoms with van der Waals surface area (Å²) in [5.74, 6) is 0.818. The van der Waals surface area contributed by atoms with Crippen molar-refractivity contribution < 1.29 is 0 Å². The molecular formula is C10H13N5O. The van der Waals surface area contributed by atoms with Crippen LogP contribution in [0.1, 0.15) is 19.3 Å². The standard InChI is InChI=1S/C10H13N5O/c16-10-13-9(7-12-15-10)14-11-6-8-4-2-1-3-5-8/h1-2,6-8H,3-5H2,(H2,13,14,15,16)/b11-6+. The molecule has 1 aliphatic rings. The van der Waals surface area contributed by atoms with Crippen LogP contribution < -0.4 is 11.1 Å². The van der Waals surface area contributed by atoms with Gasteiger partial charge in [0.25, 0.3) is 0 Å². The SMILES string of the molecule is O=c1nc(N/N=C/C2CC=CCC2)cn[nH]1. The van der Waals surface area contributed by atoms with Crippen molar-refractivity contribution in [2.75, 3.05) is 5.43 Å². The van der Waals surface area contributed by atoms with Gasteiger partial charge in [0.1, 0.15) is 0 Å². The number of nitrogens with one attached hydrogen (secondary N) is 2. The van der Waals surface area contributed by atoms with Crippen LogP contribution in [0.25, 0.3) is 0 Å². The normalized spacial score (nSPS) is 20.1. The van der Waals surface area contributed by atoms with Gasteiger partial charge in [-0.05, 0) is 25.2 Å². The van der Waals surface area contributed by atoms with Crippen LogP contribution in [0, 0.1) is 5.92 Å². The molecule has 6 heteroatoms. The molecule has 1 aliphatic carbocycles. The molecule has 0 saturated heterocycles. The summed E-state index contributed by atoms with van der Waals surface area (Å²) in [4.78, 5) is 14.5. The number of hydrogen-bond acceptors (Lipinski definition) is 5. The van der Waals surface area contributed by atoms with Gasteiger partial charge in [-0.1, -0.05) is 12.2 Å². The predicted octanol–water partition coefficient (Wildman–Crippen LogP) is 0.919. The van der Waals surface area contributed by atoms with Crippen LogP contribution in [-0.2, 0) is 0 Å². The Labute approximate surface area is 92.5 Å². The minimum absolute atomic E-state index is 0.353. The number of aromatic amines is 1. The Kier molecular flexibility index (Phi) is 3.42. The number of aromatic nitrogens is 3. The van der Waals surface area contributed by atoms with Crippen LogP contribution in [0.4, 0.5) is 5.82 Å². The largest absolute Gasteiger partial charge is 0.363 e. The molecule has 16 heavy (non-hydrogen) atoms. The summed E-state index contributed by atoms with van der Waals surface area (Å²) in [6, 6.07) is 0. The molecule has 1 heterocycles. The van der Waals surface area contributed by atoms with E-state index in [2.05, 4.69) is 37.9 Å². The summed E-state index contributed by atoms with van der Waals surface area (Å²) in [5.41, 5.74) is 2.20. The summed E-state index contributed by atoms with van der Waals surface area (Å²) >= 11 is 0. The minimum Gasteiger partial charge on any atom is -0.260 e. The Morgan fingerprint density at radius 1 is 1.56 bits per heavy atom. The zero-order chi connectivity index (χ0) is 11.2. The van der Waals surface area contributed by atoms with Crippen LogP contribution in [0.3, 0.4) is 0 Å². The summed E-state index contributed by atoms with van der Waals surface area (Å²) in [5, 5.41) is 9.84. The predicted molar refractivity (Wildman–Crippen MR) is 61.2 cm³/mol. The van der Waals surface area contributed by atoms with Crippen LogP contribution in [0.15, 0.2) is 28.2 Å². The number of allylic oxidation sites excluding steroid dienone is 2. The fourth-order valence-corrected chi connectivity index (χ4v) is 1.53. The maximum Gasteiger partial charge on any atom is 0.363 e. The van der Waals surface area contributed by atoms with Gasteiger partial charge in [0.2, 0.25) is 0 Å². The second kappa shape index (κ2) is 5.20. The molecule has 2 N–H and O–H groups in total. The van der Waals surface area contributed by atoms with Gasteiger partial charge in [-0.25, -0.2) is 9.89 Å². The topological polar surface area (TPSA) is 83.0 Å². The lowest BCUT2D eigenvalue weighted by atomic mass is 9.96. The first-order chi connectivity index (χ1) is 7.84. The maximum absolute atomic E-state index is 10.8. The van der Waals surface area contributed by atoms with Gasteiger partial charge < -0.3 is 0 Å². The minimum atomic E-state index is -0.485. The van der Waals surface area contributed by atoms with Crippen molar-refractivity contribution in [2.24, 2.45) is 11.0 Å². The van der Waals surface area contributed by atoms with Crippen LogP contribution in [0.2, 0.25) is 0 Å². The quantitative estimate of drug-likeness (QED) is 0.450. The molecule has 6 nitrogen and oxygen atoms in total. The lowest BCUT2D eigenvalue weighted by molar-refractivity contribution is 0.627. The van der Waals surface area contributed by atoms with Crippen LogP contribution >= 0.6 is 0 Å². The third kappa shape index (κ3) is 3.01. The van der Waals surface area contributed by atoms with E-state index in [4.69, 9.17) is 0 Å². The van der Waals surface area contributed by atoms with Gasteiger partial charge in [-0.15, -0.1) is 0 Å². The average Bonchev–Trinajstić information content (AvgIpc) is 2.30. The Hall–Kier alpha value is -1.98. The molecular weight excluding hydrogens is 206 g/mol. The zero-order valence-electron chi connectivity index (χ0n) is 8.76. The van der Waals surface area contributed by atoms with Crippen molar-refractivity contribution in [1.82, 2.24) is 15.2 Å². The van der Waals surface area contributed by atoms with E-state index < -0.39 is 5.69 Å². The Morgan fingerprint density at radius 3 is 3.25 bits per heavy atom. The highest BCUT2D eigenvalue weighted by molar-refractivity contribution is 5.62. The maximum atomic E-state index is 10.8. The fraction of sp³-hybridized carbons (Fsp3) is 0.400. The average molecular weight is 219 g/mol. The summed E-state index contributed by atoms with van der Waals surface area (Å²) in [6.07, 6.45) is 10.8. The fourth-order valence-electron chi connectivity index (χ4n) is 1.53. The highest BCUT2D eigenvalue weighted by Crippen LogP contribution is 2.15. The van der Waals surface area contributed by atoms with E-state index in [-0.39, 0.29) is 0 Å². The van der Waals surface area contributed by atoms with E-state index in [1.807, 2.05) is 6.21 Å². The summed E-state index contributed by atoms with van der Waals surface area (Å²) in [6.45, 7) is 0. The van der Waals surface area contributed by atoms with Gasteiger partial charge >= 0.3 is 5.69 Å². The molecule has 0 spiro atoms. The van der Waals surface area contributed by atoms with Gasteiger partial charge in [-0.3, -0.25) is 5.43 Å². The van der Waals surface area contributed by atoms with Crippen LogP contribution in [0.5, 0.6) is 0 Å². The number of hydrogen-bond donors (Lipinski definition) is 2. The first-order valence-corrected chi connectivity index (χ1v) is 5.20. The molecule has 84 valence electrons. The first-order valence-electron chi connectivity index (χ1n) is 5.20. The molecule has 0 aromatic carbocycles. The number of nitrogens with zero attached hydrogens (tertiary/aromatic N) is 3. The van der Waals surface area contributed by atoms with Crippen molar-refractivity contribution in [2.45, 2.75) is 19.3 Å². The number of anilines is 1. The number of rotatable bonds is 3. The molecule has 0 amide bonds. The van der Waals surface area contributed by atoms with Crippen molar-refractivity contribution in [3.8, 4) is 0 Å². The van der Waals surface area contributed by atoms with Gasteiger partial charge in [0.05, 0.1) is 6.20 Å². The summed E-state index contributed by atoms with van der Waals surface area (Å²) in [7, 11) is 0. The second-order valence-corrected chi connectivity index (χ2v) is 3.61. The molecule has 0 bridgehead atoms. The van der Waals surface area contributed by atoms with Crippen molar-refractivity contribution in [1.29, 1.82) is 0 Å². The van der Waals surface area contributed by atoms with Crippen molar-refractivity contribution >= 4 is 12.0 Å². The Balaban J connectivity index is 1.89. The number of hydrazone groups is 1. The monoisotopic (exact) mass is 219 g/mol. The van der Waals surface area contributed by atoms with E-state index in [1.54, 1.807) is 0 Å². The number of H-pyrrole nitrogens is 1. The molecule has 2 rings (SSSR count). The van der Waals surface area contributed by atoms with E-state index in [0.717, 1.165) is 19.3 Å². The molecule has 1 aromatic rings. The Morgan fingerprint density at radius 2 is 2.50 bits per heavy atom. The first kappa shape index (κ1) is 10.5. The van der Waals surface area contributed by atoms with E-state index in [1.165, 1.54) is 6.20 Å². The lowest BCUT2D eigenvalue weighted by Gasteiger charge is -2.11. The van der Waals surface area contributed by atoms with Gasteiger partial charge in [0.15, 0.2) is 5.82 Å². The van der Waals surface area contributed by atoms with Crippen molar-refractivity contribution in [3.63, 3.8) is 0 Å². The molecule has 0 aliphatic heterocycles. The van der Waals surface area contributed by atoms with E-state index in [0.29, 0.717) is 11.7 Å². The smallest absolute Gasteiger partial charge is 0.260 e. The van der Waals surface area contributed by atoms with Gasteiger partial charge in [0, 0.05) is 6.21 Å². The molecule has 0 saturated carbocycles. The summed E-state index contributed by atoms with van der Waals surface area (Å²) < 4.78 is 0. The van der Waals surface area contributed by atoms with Gasteiger partial charge in [-0.2, -0.15) is 15.2 Å². The highest BCUT2D eigenvalue weighted by atomic mass is 16.1. The molecule has 0 radical (unpaired) electrons. The molecule has 1 atom stereocenters. The Bertz CT molecular complexity index is 451. The van der Waals surface area contributed by atoms with Crippen LogP contribution in [-0.4, -0.2) is 21.4 Å². The third-order valence-electron chi connectivity index (χ3n) is 2.34. The molecule has 0 fully saturated rings. The van der Waals surface area contributed by atoms with E-state index >= 15 is 0 Å². The molecule has 1 aromatic heterocycles. The zero-order valence-corrected chi connectivity index (χ0v) is 8.76. The second-order valence-electron chi connectivity index (χ2n) is 3.61. The van der Waals surface area contributed by atoms with Crippen molar-refractivity contribution in [3.05, 3.63) is 28.8 Å².